The number of pyridine rings is 1. The summed E-state index contributed by atoms with van der Waals surface area (Å²) in [7, 11) is 0. The molecular weight excluding hydrogens is 319 g/mol. The number of piperidine rings is 1. The highest BCUT2D eigenvalue weighted by Gasteiger charge is 2.48. The lowest BCUT2D eigenvalue weighted by Crippen LogP contribution is -2.45. The number of hydrogen-bond acceptors (Lipinski definition) is 3. The molecular formula is C14H17ClF3N3O. The van der Waals surface area contributed by atoms with E-state index < -0.39 is 17.3 Å². The van der Waals surface area contributed by atoms with E-state index in [1.54, 1.807) is 0 Å². The van der Waals surface area contributed by atoms with Crippen molar-refractivity contribution in [2.24, 2.45) is 5.41 Å². The summed E-state index contributed by atoms with van der Waals surface area (Å²) in [6.45, 7) is 1.91. The Bertz CT molecular complexity index is 559. The number of anilines is 1. The second kappa shape index (κ2) is 6.04. The summed E-state index contributed by atoms with van der Waals surface area (Å²) in [5.41, 5.74) is -1.43. The van der Waals surface area contributed by atoms with E-state index in [1.807, 2.05) is 0 Å². The van der Waals surface area contributed by atoms with Gasteiger partial charge in [-0.3, -0.25) is 9.69 Å². The summed E-state index contributed by atoms with van der Waals surface area (Å²) < 4.78 is 38.2. The summed E-state index contributed by atoms with van der Waals surface area (Å²) in [4.78, 5) is 17.6. The molecule has 3 rings (SSSR count). The van der Waals surface area contributed by atoms with Crippen LogP contribution in [0.1, 0.15) is 25.0 Å². The molecule has 2 saturated heterocycles. The van der Waals surface area contributed by atoms with Gasteiger partial charge in [-0.05, 0) is 37.9 Å². The van der Waals surface area contributed by atoms with Gasteiger partial charge >= 0.3 is 6.18 Å². The second-order valence-electron chi connectivity index (χ2n) is 5.65. The molecule has 2 aliphatic rings. The minimum absolute atomic E-state index is 0. The smallest absolute Gasteiger partial charge is 0.316 e. The summed E-state index contributed by atoms with van der Waals surface area (Å²) in [6, 6.07) is 3.67. The predicted molar refractivity (Wildman–Crippen MR) is 78.0 cm³/mol. The van der Waals surface area contributed by atoms with E-state index in [1.165, 1.54) is 17.0 Å². The molecule has 0 aliphatic carbocycles. The molecule has 0 aromatic carbocycles. The molecule has 1 atom stereocenters. The van der Waals surface area contributed by atoms with Crippen molar-refractivity contribution in [3.63, 3.8) is 0 Å². The molecule has 0 radical (unpaired) electrons. The number of carbonyl (C=O) groups is 1. The van der Waals surface area contributed by atoms with Gasteiger partial charge in [-0.1, -0.05) is 6.07 Å². The highest BCUT2D eigenvalue weighted by atomic mass is 35.5. The Labute approximate surface area is 132 Å². The van der Waals surface area contributed by atoms with E-state index in [9.17, 15) is 18.0 Å². The molecule has 1 amide bonds. The Kier molecular flexibility index (Phi) is 4.67. The molecule has 1 aromatic rings. The molecule has 2 aliphatic heterocycles. The maximum Gasteiger partial charge on any atom is 0.433 e. The third kappa shape index (κ3) is 2.92. The van der Waals surface area contributed by atoms with Crippen molar-refractivity contribution in [1.82, 2.24) is 10.3 Å². The zero-order valence-corrected chi connectivity index (χ0v) is 12.6. The molecule has 1 aromatic heterocycles. The van der Waals surface area contributed by atoms with Gasteiger partial charge in [-0.25, -0.2) is 4.98 Å². The van der Waals surface area contributed by atoms with E-state index in [4.69, 9.17) is 0 Å². The molecule has 0 saturated carbocycles. The van der Waals surface area contributed by atoms with Gasteiger partial charge in [-0.2, -0.15) is 13.2 Å². The van der Waals surface area contributed by atoms with Crippen LogP contribution in [0.5, 0.6) is 0 Å². The van der Waals surface area contributed by atoms with E-state index in [0.717, 1.165) is 25.5 Å². The zero-order chi connectivity index (χ0) is 15.1. The van der Waals surface area contributed by atoms with Crippen molar-refractivity contribution >= 4 is 24.1 Å². The fourth-order valence-corrected chi connectivity index (χ4v) is 3.13. The Morgan fingerprint density at radius 1 is 1.27 bits per heavy atom. The number of halogens is 4. The van der Waals surface area contributed by atoms with E-state index in [0.29, 0.717) is 19.5 Å². The van der Waals surface area contributed by atoms with Crippen LogP contribution in [0.25, 0.3) is 0 Å². The molecule has 4 nitrogen and oxygen atoms in total. The maximum atomic E-state index is 12.7. The molecule has 0 bridgehead atoms. The standard InChI is InChI=1S/C14H16F3N3O.ClH/c15-14(16,17)10-3-1-4-11(19-10)20-8-6-13(12(20)21)5-2-7-18-9-13;/h1,3-4,18H,2,5-9H2;1H. The van der Waals surface area contributed by atoms with Gasteiger partial charge in [0.1, 0.15) is 11.5 Å². The average Bonchev–Trinajstić information content (AvgIpc) is 2.76. The van der Waals surface area contributed by atoms with Crippen molar-refractivity contribution in [3.05, 3.63) is 23.9 Å². The summed E-state index contributed by atoms with van der Waals surface area (Å²) in [6.07, 6.45) is -2.14. The number of hydrogen-bond donors (Lipinski definition) is 1. The van der Waals surface area contributed by atoms with Crippen molar-refractivity contribution in [1.29, 1.82) is 0 Å². The Morgan fingerprint density at radius 2 is 2.05 bits per heavy atom. The third-order valence-corrected chi connectivity index (χ3v) is 4.29. The monoisotopic (exact) mass is 335 g/mol. The van der Waals surface area contributed by atoms with Gasteiger partial charge in [-0.15, -0.1) is 12.4 Å². The van der Waals surface area contributed by atoms with E-state index in [2.05, 4.69) is 10.3 Å². The van der Waals surface area contributed by atoms with E-state index in [-0.39, 0.29) is 24.1 Å². The topological polar surface area (TPSA) is 45.2 Å². The molecule has 22 heavy (non-hydrogen) atoms. The molecule has 2 fully saturated rings. The molecule has 1 spiro atoms. The lowest BCUT2D eigenvalue weighted by molar-refractivity contribution is -0.141. The maximum absolute atomic E-state index is 12.7. The SMILES string of the molecule is Cl.O=C1N(c2cccc(C(F)(F)F)n2)CCC12CCCNC2. The van der Waals surface area contributed by atoms with Crippen LogP contribution in [-0.2, 0) is 11.0 Å². The number of rotatable bonds is 1. The first-order valence-corrected chi connectivity index (χ1v) is 6.99. The number of aromatic nitrogens is 1. The fraction of sp³-hybridized carbons (Fsp3) is 0.571. The minimum atomic E-state index is -4.50. The first kappa shape index (κ1) is 17.0. The number of nitrogens with one attached hydrogen (secondary N) is 1. The lowest BCUT2D eigenvalue weighted by atomic mass is 9.79. The summed E-state index contributed by atoms with van der Waals surface area (Å²) >= 11 is 0. The van der Waals surface area contributed by atoms with Crippen LogP contribution in [0.15, 0.2) is 18.2 Å². The largest absolute Gasteiger partial charge is 0.433 e. The molecule has 3 heterocycles. The molecule has 8 heteroatoms. The zero-order valence-electron chi connectivity index (χ0n) is 11.8. The Morgan fingerprint density at radius 3 is 2.68 bits per heavy atom. The average molecular weight is 336 g/mol. The summed E-state index contributed by atoms with van der Waals surface area (Å²) in [5.74, 6) is -0.0150. The Hall–Kier alpha value is -1.34. The first-order chi connectivity index (χ1) is 9.92. The van der Waals surface area contributed by atoms with Crippen LogP contribution in [0.2, 0.25) is 0 Å². The lowest BCUT2D eigenvalue weighted by Gasteiger charge is -2.32. The third-order valence-electron chi connectivity index (χ3n) is 4.29. The van der Waals surface area contributed by atoms with Crippen LogP contribution in [0, 0.1) is 5.41 Å². The second-order valence-corrected chi connectivity index (χ2v) is 5.65. The number of nitrogens with zero attached hydrogens (tertiary/aromatic N) is 2. The van der Waals surface area contributed by atoms with Crippen molar-refractivity contribution in [2.45, 2.75) is 25.4 Å². The van der Waals surface area contributed by atoms with Crippen LogP contribution in [-0.4, -0.2) is 30.5 Å². The molecule has 1 N–H and O–H groups in total. The van der Waals surface area contributed by atoms with E-state index >= 15 is 0 Å². The van der Waals surface area contributed by atoms with Crippen LogP contribution >= 0.6 is 12.4 Å². The first-order valence-electron chi connectivity index (χ1n) is 6.99. The minimum Gasteiger partial charge on any atom is -0.316 e. The highest BCUT2D eigenvalue weighted by molar-refractivity contribution is 5.99. The highest BCUT2D eigenvalue weighted by Crippen LogP contribution is 2.39. The van der Waals surface area contributed by atoms with Crippen molar-refractivity contribution in [3.8, 4) is 0 Å². The van der Waals surface area contributed by atoms with Crippen LogP contribution in [0.3, 0.4) is 0 Å². The van der Waals surface area contributed by atoms with Gasteiger partial charge in [0, 0.05) is 13.1 Å². The van der Waals surface area contributed by atoms with Gasteiger partial charge in [0.2, 0.25) is 5.91 Å². The Balaban J connectivity index is 0.00000176. The van der Waals surface area contributed by atoms with Crippen molar-refractivity contribution < 1.29 is 18.0 Å². The predicted octanol–water partition coefficient (Wildman–Crippen LogP) is 2.63. The van der Waals surface area contributed by atoms with Crippen LogP contribution in [0.4, 0.5) is 19.0 Å². The van der Waals surface area contributed by atoms with Gasteiger partial charge in [0.05, 0.1) is 5.41 Å². The number of alkyl halides is 3. The number of amides is 1. The molecule has 122 valence electrons. The summed E-state index contributed by atoms with van der Waals surface area (Å²) in [5, 5.41) is 3.21. The number of carbonyl (C=O) groups excluding carboxylic acids is 1. The normalized spacial score (nSPS) is 25.4. The van der Waals surface area contributed by atoms with Gasteiger partial charge < -0.3 is 5.32 Å². The van der Waals surface area contributed by atoms with Gasteiger partial charge in [0.15, 0.2) is 0 Å². The van der Waals surface area contributed by atoms with Gasteiger partial charge in [0.25, 0.3) is 0 Å². The van der Waals surface area contributed by atoms with Crippen LogP contribution < -0.4 is 10.2 Å². The van der Waals surface area contributed by atoms with Crippen molar-refractivity contribution in [2.75, 3.05) is 24.5 Å². The molecule has 1 unspecified atom stereocenters. The fourth-order valence-electron chi connectivity index (χ4n) is 3.13. The quantitative estimate of drug-likeness (QED) is 0.858.